The van der Waals surface area contributed by atoms with Gasteiger partial charge >= 0.3 is 0 Å². The van der Waals surface area contributed by atoms with Gasteiger partial charge in [0.15, 0.2) is 5.78 Å². The third-order valence-electron chi connectivity index (χ3n) is 5.29. The van der Waals surface area contributed by atoms with Crippen molar-refractivity contribution in [3.05, 3.63) is 57.8 Å². The quantitative estimate of drug-likeness (QED) is 0.756. The molecule has 1 fully saturated rings. The first-order valence-electron chi connectivity index (χ1n) is 8.17. The summed E-state index contributed by atoms with van der Waals surface area (Å²) in [7, 11) is 1.85. The monoisotopic (exact) mass is 341 g/mol. The van der Waals surface area contributed by atoms with Crippen molar-refractivity contribution in [2.24, 2.45) is 5.41 Å². The zero-order valence-electron chi connectivity index (χ0n) is 14.6. The fourth-order valence-corrected chi connectivity index (χ4v) is 4.44. The van der Waals surface area contributed by atoms with E-state index in [1.54, 1.807) is 16.3 Å². The highest BCUT2D eigenvalue weighted by atomic mass is 32.1. The minimum atomic E-state index is -0.0169. The predicted octanol–water partition coefficient (Wildman–Crippen LogP) is 4.39. The van der Waals surface area contributed by atoms with Crippen LogP contribution in [0.25, 0.3) is 0 Å². The molecule has 1 unspecified atom stereocenters. The van der Waals surface area contributed by atoms with Crippen molar-refractivity contribution in [2.45, 2.75) is 32.6 Å². The van der Waals surface area contributed by atoms with E-state index in [-0.39, 0.29) is 22.5 Å². The van der Waals surface area contributed by atoms with Crippen LogP contribution in [0, 0.1) is 5.41 Å². The molecule has 0 saturated heterocycles. The molecular weight excluding hydrogens is 318 g/mol. The summed E-state index contributed by atoms with van der Waals surface area (Å²) in [5, 5.41) is 1.78. The second-order valence-electron chi connectivity index (χ2n) is 7.43. The second kappa shape index (κ2) is 5.85. The number of hydrogen-bond donors (Lipinski definition) is 0. The highest BCUT2D eigenvalue weighted by Gasteiger charge is 2.62. The summed E-state index contributed by atoms with van der Waals surface area (Å²) in [6.07, 6.45) is 1.07. The molecule has 1 aliphatic carbocycles. The van der Waals surface area contributed by atoms with Gasteiger partial charge in [0.1, 0.15) is 0 Å². The van der Waals surface area contributed by atoms with Crippen molar-refractivity contribution >= 4 is 23.0 Å². The molecule has 3 rings (SSSR count). The summed E-state index contributed by atoms with van der Waals surface area (Å²) in [4.78, 5) is 26.6. The van der Waals surface area contributed by atoms with Gasteiger partial charge < -0.3 is 4.90 Å². The van der Waals surface area contributed by atoms with Crippen molar-refractivity contribution in [1.82, 2.24) is 4.90 Å². The Morgan fingerprint density at radius 1 is 1.21 bits per heavy atom. The summed E-state index contributed by atoms with van der Waals surface area (Å²) in [5.41, 5.74) is 2.10. The average molecular weight is 341 g/mol. The topological polar surface area (TPSA) is 37.4 Å². The fraction of sp³-hybridized carbons (Fsp3) is 0.400. The number of rotatable bonds is 5. The van der Waals surface area contributed by atoms with Crippen LogP contribution < -0.4 is 0 Å². The maximum Gasteiger partial charge on any atom is 0.254 e. The molecule has 1 aromatic heterocycles. The lowest BCUT2D eigenvalue weighted by atomic mass is 9.87. The van der Waals surface area contributed by atoms with Gasteiger partial charge in [-0.05, 0) is 30.4 Å². The molecule has 1 amide bonds. The summed E-state index contributed by atoms with van der Waals surface area (Å²) < 4.78 is 0. The van der Waals surface area contributed by atoms with Gasteiger partial charge in [-0.3, -0.25) is 9.59 Å². The van der Waals surface area contributed by atoms with E-state index >= 15 is 0 Å². The van der Waals surface area contributed by atoms with Crippen LogP contribution in [0.5, 0.6) is 0 Å². The van der Waals surface area contributed by atoms with E-state index in [0.29, 0.717) is 17.0 Å². The largest absolute Gasteiger partial charge is 0.341 e. The number of thiophene rings is 1. The molecule has 1 aliphatic rings. The van der Waals surface area contributed by atoms with Crippen LogP contribution in [-0.4, -0.2) is 30.2 Å². The van der Waals surface area contributed by atoms with E-state index in [0.717, 1.165) is 6.42 Å². The standard InChI is InChI=1S/C20H23NO2S/c1-14(22)17-10-15(11-24-17)18(23)21(4)13-20(12-19(20,2)3)16-8-6-5-7-9-16/h5-11H,12-13H2,1-4H3. The molecule has 24 heavy (non-hydrogen) atoms. The Hall–Kier alpha value is -1.94. The van der Waals surface area contributed by atoms with Crippen LogP contribution >= 0.6 is 11.3 Å². The lowest BCUT2D eigenvalue weighted by Gasteiger charge is -2.27. The Morgan fingerprint density at radius 2 is 1.83 bits per heavy atom. The van der Waals surface area contributed by atoms with Gasteiger partial charge in [-0.1, -0.05) is 44.2 Å². The molecule has 1 aromatic carbocycles. The van der Waals surface area contributed by atoms with E-state index in [1.165, 1.54) is 23.8 Å². The van der Waals surface area contributed by atoms with Crippen LogP contribution in [0.1, 0.15) is 52.8 Å². The molecule has 4 heteroatoms. The lowest BCUT2D eigenvalue weighted by Crippen LogP contribution is -2.36. The summed E-state index contributed by atoms with van der Waals surface area (Å²) in [5.74, 6) is -0.0115. The molecule has 0 spiro atoms. The normalized spacial score (nSPS) is 21.3. The first-order chi connectivity index (χ1) is 11.3. The minimum Gasteiger partial charge on any atom is -0.341 e. The number of likely N-dealkylation sites (N-methyl/N-ethyl adjacent to an activating group) is 1. The molecule has 1 saturated carbocycles. The SMILES string of the molecule is CC(=O)c1cc(C(=O)N(C)CC2(c3ccccc3)CC2(C)C)cs1. The Kier molecular flexibility index (Phi) is 4.12. The maximum absolute atomic E-state index is 12.7. The van der Waals surface area contributed by atoms with Crippen LogP contribution in [0.4, 0.5) is 0 Å². The van der Waals surface area contributed by atoms with Gasteiger partial charge in [-0.15, -0.1) is 11.3 Å². The van der Waals surface area contributed by atoms with Crippen LogP contribution in [0.2, 0.25) is 0 Å². The second-order valence-corrected chi connectivity index (χ2v) is 8.34. The number of nitrogens with zero attached hydrogens (tertiary/aromatic N) is 1. The summed E-state index contributed by atoms with van der Waals surface area (Å²) in [6.45, 7) is 6.74. The Bertz CT molecular complexity index is 778. The number of Topliss-reactive ketones (excluding diaryl/α,β-unsaturated/α-hetero) is 1. The van der Waals surface area contributed by atoms with Gasteiger partial charge in [-0.2, -0.15) is 0 Å². The van der Waals surface area contributed by atoms with Crippen LogP contribution in [-0.2, 0) is 5.41 Å². The zero-order valence-corrected chi connectivity index (χ0v) is 15.4. The number of carbonyl (C=O) groups is 2. The van der Waals surface area contributed by atoms with E-state index in [9.17, 15) is 9.59 Å². The fourth-order valence-electron chi connectivity index (χ4n) is 3.65. The molecule has 0 aliphatic heterocycles. The van der Waals surface area contributed by atoms with Gasteiger partial charge in [0.2, 0.25) is 0 Å². The van der Waals surface area contributed by atoms with Gasteiger partial charge in [0, 0.05) is 24.4 Å². The van der Waals surface area contributed by atoms with Crippen LogP contribution in [0.15, 0.2) is 41.8 Å². The Balaban J connectivity index is 1.81. The highest BCUT2D eigenvalue weighted by molar-refractivity contribution is 7.12. The van der Waals surface area contributed by atoms with Crippen molar-refractivity contribution in [3.63, 3.8) is 0 Å². The van der Waals surface area contributed by atoms with E-state index in [4.69, 9.17) is 0 Å². The third-order valence-corrected chi connectivity index (χ3v) is 6.32. The van der Waals surface area contributed by atoms with Crippen molar-refractivity contribution < 1.29 is 9.59 Å². The van der Waals surface area contributed by atoms with E-state index in [2.05, 4.69) is 38.1 Å². The van der Waals surface area contributed by atoms with Crippen molar-refractivity contribution in [1.29, 1.82) is 0 Å². The minimum absolute atomic E-state index is 0.00536. The maximum atomic E-state index is 12.7. The zero-order chi connectivity index (χ0) is 17.5. The van der Waals surface area contributed by atoms with E-state index < -0.39 is 0 Å². The summed E-state index contributed by atoms with van der Waals surface area (Å²) >= 11 is 1.34. The van der Waals surface area contributed by atoms with Crippen molar-refractivity contribution in [2.75, 3.05) is 13.6 Å². The molecule has 1 heterocycles. The lowest BCUT2D eigenvalue weighted by molar-refractivity contribution is 0.0775. The number of hydrogen-bond acceptors (Lipinski definition) is 3. The molecule has 0 bridgehead atoms. The number of benzene rings is 1. The Morgan fingerprint density at radius 3 is 2.33 bits per heavy atom. The highest BCUT2D eigenvalue weighted by Crippen LogP contribution is 2.64. The van der Waals surface area contributed by atoms with E-state index in [1.807, 2.05) is 13.1 Å². The molecular formula is C20H23NO2S. The molecule has 1 atom stereocenters. The van der Waals surface area contributed by atoms with Gasteiger partial charge in [-0.25, -0.2) is 0 Å². The molecule has 2 aromatic rings. The number of carbonyl (C=O) groups excluding carboxylic acids is 2. The smallest absolute Gasteiger partial charge is 0.254 e. The third kappa shape index (κ3) is 2.80. The molecule has 0 N–H and O–H groups in total. The first kappa shape index (κ1) is 16.9. The average Bonchev–Trinajstić information content (AvgIpc) is 2.91. The first-order valence-corrected chi connectivity index (χ1v) is 9.05. The van der Waals surface area contributed by atoms with Crippen LogP contribution in [0.3, 0.4) is 0 Å². The number of amides is 1. The van der Waals surface area contributed by atoms with Crippen molar-refractivity contribution in [3.8, 4) is 0 Å². The predicted molar refractivity (Wildman–Crippen MR) is 97.8 cm³/mol. The van der Waals surface area contributed by atoms with Gasteiger partial charge in [0.05, 0.1) is 10.4 Å². The summed E-state index contributed by atoms with van der Waals surface area (Å²) in [6, 6.07) is 12.2. The molecule has 3 nitrogen and oxygen atoms in total. The molecule has 0 radical (unpaired) electrons. The number of ketones is 1. The Labute approximate surface area is 147 Å². The van der Waals surface area contributed by atoms with Gasteiger partial charge in [0.25, 0.3) is 5.91 Å². The molecule has 126 valence electrons.